The van der Waals surface area contributed by atoms with Crippen molar-refractivity contribution in [2.45, 2.75) is 19.6 Å². The molecule has 5 heteroatoms. The van der Waals surface area contributed by atoms with E-state index in [-0.39, 0.29) is 6.54 Å². The van der Waals surface area contributed by atoms with Crippen LogP contribution in [0.2, 0.25) is 0 Å². The summed E-state index contributed by atoms with van der Waals surface area (Å²) >= 11 is 0. The molecule has 1 aromatic rings. The molecular weight excluding hydrogens is 232 g/mol. The molecule has 5 nitrogen and oxygen atoms in total. The van der Waals surface area contributed by atoms with Gasteiger partial charge in [0.1, 0.15) is 5.92 Å². The van der Waals surface area contributed by atoms with Gasteiger partial charge in [0.05, 0.1) is 6.10 Å². The minimum atomic E-state index is -0.990. The molecule has 2 unspecified atom stereocenters. The van der Waals surface area contributed by atoms with E-state index in [0.717, 1.165) is 11.1 Å². The van der Waals surface area contributed by atoms with Gasteiger partial charge in [0.15, 0.2) is 0 Å². The molecule has 96 valence electrons. The molecule has 0 saturated carbocycles. The van der Waals surface area contributed by atoms with Crippen LogP contribution in [0.3, 0.4) is 0 Å². The predicted octanol–water partition coefficient (Wildman–Crippen LogP) is -0.282. The molecule has 0 aliphatic carbocycles. The van der Waals surface area contributed by atoms with Crippen molar-refractivity contribution in [2.24, 2.45) is 5.92 Å². The van der Waals surface area contributed by atoms with E-state index in [1.165, 1.54) is 0 Å². The Hall–Kier alpha value is -1.88. The largest absolute Gasteiger partial charge is 0.390 e. The summed E-state index contributed by atoms with van der Waals surface area (Å²) in [5.41, 5.74) is 2.11. The number of hydrogen-bond donors (Lipinski definition) is 3. The normalized spacial score (nSPS) is 22.7. The van der Waals surface area contributed by atoms with Crippen molar-refractivity contribution in [3.8, 4) is 0 Å². The van der Waals surface area contributed by atoms with Crippen molar-refractivity contribution in [3.63, 3.8) is 0 Å². The smallest absolute Gasteiger partial charge is 0.235 e. The third-order valence-corrected chi connectivity index (χ3v) is 3.02. The lowest BCUT2D eigenvalue weighted by Crippen LogP contribution is -2.39. The molecule has 3 N–H and O–H groups in total. The standard InChI is InChI=1S/C13H16N2O3/c1-8-2-4-9(5-3-8)6-14-12(17)11-10(16)7-15-13(11)18/h2-5,10-11,16H,6-7H2,1H3,(H,14,17)(H,15,18). The fourth-order valence-electron chi connectivity index (χ4n) is 1.91. The molecular formula is C13H16N2O3. The maximum atomic E-state index is 11.8. The third kappa shape index (κ3) is 2.68. The molecule has 2 amide bonds. The van der Waals surface area contributed by atoms with Crippen LogP contribution in [0.15, 0.2) is 24.3 Å². The van der Waals surface area contributed by atoms with Gasteiger partial charge in [0.2, 0.25) is 11.8 Å². The van der Waals surface area contributed by atoms with E-state index in [1.54, 1.807) is 0 Å². The number of hydrogen-bond acceptors (Lipinski definition) is 3. The fraction of sp³-hybridized carbons (Fsp3) is 0.385. The van der Waals surface area contributed by atoms with Crippen LogP contribution in [-0.2, 0) is 16.1 Å². The highest BCUT2D eigenvalue weighted by molar-refractivity contribution is 6.02. The Bertz CT molecular complexity index is 456. The number of nitrogens with one attached hydrogen (secondary N) is 2. The molecule has 0 bridgehead atoms. The summed E-state index contributed by atoms with van der Waals surface area (Å²) in [6, 6.07) is 7.75. The number of rotatable bonds is 3. The summed E-state index contributed by atoms with van der Waals surface area (Å²) < 4.78 is 0. The van der Waals surface area contributed by atoms with Crippen molar-refractivity contribution in [3.05, 3.63) is 35.4 Å². The Labute approximate surface area is 105 Å². The van der Waals surface area contributed by atoms with Crippen LogP contribution in [0.1, 0.15) is 11.1 Å². The molecule has 2 atom stereocenters. The first-order valence-electron chi connectivity index (χ1n) is 5.87. The number of aryl methyl sites for hydroxylation is 1. The summed E-state index contributed by atoms with van der Waals surface area (Å²) in [5.74, 6) is -1.84. The van der Waals surface area contributed by atoms with E-state index in [1.807, 2.05) is 31.2 Å². The number of β-amino-alcohol motifs (C(OH)–C–C–N with tert-alkyl or cyclic N) is 1. The second kappa shape index (κ2) is 5.18. The van der Waals surface area contributed by atoms with E-state index in [0.29, 0.717) is 6.54 Å². The maximum Gasteiger partial charge on any atom is 0.235 e. The molecule has 1 aliphatic rings. The monoisotopic (exact) mass is 248 g/mol. The quantitative estimate of drug-likeness (QED) is 0.644. The summed E-state index contributed by atoms with van der Waals surface area (Å²) in [5, 5.41) is 14.6. The zero-order valence-corrected chi connectivity index (χ0v) is 10.1. The van der Waals surface area contributed by atoms with Gasteiger partial charge in [0.25, 0.3) is 0 Å². The predicted molar refractivity (Wildman–Crippen MR) is 65.5 cm³/mol. The summed E-state index contributed by atoms with van der Waals surface area (Å²) in [6.07, 6.45) is -0.935. The van der Waals surface area contributed by atoms with Gasteiger partial charge in [-0.25, -0.2) is 0 Å². The van der Waals surface area contributed by atoms with Gasteiger partial charge in [-0.15, -0.1) is 0 Å². The molecule has 18 heavy (non-hydrogen) atoms. The number of amides is 2. The fourth-order valence-corrected chi connectivity index (χ4v) is 1.91. The minimum Gasteiger partial charge on any atom is -0.390 e. The zero-order valence-electron chi connectivity index (χ0n) is 10.1. The summed E-state index contributed by atoms with van der Waals surface area (Å²) in [4.78, 5) is 23.1. The van der Waals surface area contributed by atoms with Gasteiger partial charge in [-0.3, -0.25) is 9.59 Å². The average Bonchev–Trinajstić information content (AvgIpc) is 2.68. The highest BCUT2D eigenvalue weighted by Gasteiger charge is 2.38. The maximum absolute atomic E-state index is 11.8. The van der Waals surface area contributed by atoms with Crippen molar-refractivity contribution >= 4 is 11.8 Å². The molecule has 1 saturated heterocycles. The van der Waals surface area contributed by atoms with Crippen LogP contribution < -0.4 is 10.6 Å². The van der Waals surface area contributed by atoms with Gasteiger partial charge >= 0.3 is 0 Å². The topological polar surface area (TPSA) is 78.4 Å². The van der Waals surface area contributed by atoms with Crippen LogP contribution in [-0.4, -0.2) is 29.6 Å². The number of aliphatic hydroxyl groups is 1. The molecule has 1 fully saturated rings. The van der Waals surface area contributed by atoms with E-state index >= 15 is 0 Å². The Kier molecular flexibility index (Phi) is 3.62. The lowest BCUT2D eigenvalue weighted by Gasteiger charge is -2.12. The molecule has 1 aliphatic heterocycles. The first-order chi connectivity index (χ1) is 8.58. The third-order valence-electron chi connectivity index (χ3n) is 3.02. The Morgan fingerprint density at radius 1 is 1.44 bits per heavy atom. The van der Waals surface area contributed by atoms with Gasteiger partial charge < -0.3 is 15.7 Å². The number of aliphatic hydroxyl groups excluding tert-OH is 1. The van der Waals surface area contributed by atoms with Gasteiger partial charge in [-0.1, -0.05) is 29.8 Å². The molecule has 1 heterocycles. The molecule has 0 spiro atoms. The summed E-state index contributed by atoms with van der Waals surface area (Å²) in [7, 11) is 0. The Balaban J connectivity index is 1.92. The summed E-state index contributed by atoms with van der Waals surface area (Å²) in [6.45, 7) is 2.48. The number of carbonyl (C=O) groups is 2. The second-order valence-corrected chi connectivity index (χ2v) is 4.49. The average molecular weight is 248 g/mol. The van der Waals surface area contributed by atoms with Gasteiger partial charge in [-0.2, -0.15) is 0 Å². The molecule has 1 aromatic carbocycles. The van der Waals surface area contributed by atoms with E-state index in [4.69, 9.17) is 0 Å². The molecule has 0 radical (unpaired) electrons. The van der Waals surface area contributed by atoms with Crippen molar-refractivity contribution in [2.75, 3.05) is 6.54 Å². The number of carbonyl (C=O) groups excluding carboxylic acids is 2. The lowest BCUT2D eigenvalue weighted by molar-refractivity contribution is -0.135. The van der Waals surface area contributed by atoms with Crippen LogP contribution in [0.4, 0.5) is 0 Å². The lowest BCUT2D eigenvalue weighted by atomic mass is 10.0. The van der Waals surface area contributed by atoms with Crippen molar-refractivity contribution in [1.29, 1.82) is 0 Å². The Morgan fingerprint density at radius 2 is 2.11 bits per heavy atom. The molecule has 2 rings (SSSR count). The minimum absolute atomic E-state index is 0.140. The molecule has 0 aromatic heterocycles. The van der Waals surface area contributed by atoms with Crippen LogP contribution in [0.25, 0.3) is 0 Å². The highest BCUT2D eigenvalue weighted by Crippen LogP contribution is 2.11. The van der Waals surface area contributed by atoms with Gasteiger partial charge in [0, 0.05) is 13.1 Å². The SMILES string of the molecule is Cc1ccc(CNC(=O)C2C(=O)NCC2O)cc1. The van der Waals surface area contributed by atoms with E-state index < -0.39 is 23.8 Å². The zero-order chi connectivity index (χ0) is 13.1. The second-order valence-electron chi connectivity index (χ2n) is 4.49. The first kappa shape index (κ1) is 12.6. The van der Waals surface area contributed by atoms with Gasteiger partial charge in [-0.05, 0) is 12.5 Å². The van der Waals surface area contributed by atoms with E-state index in [9.17, 15) is 14.7 Å². The highest BCUT2D eigenvalue weighted by atomic mass is 16.3. The van der Waals surface area contributed by atoms with Crippen molar-refractivity contribution in [1.82, 2.24) is 10.6 Å². The van der Waals surface area contributed by atoms with Crippen LogP contribution in [0.5, 0.6) is 0 Å². The first-order valence-corrected chi connectivity index (χ1v) is 5.87. The van der Waals surface area contributed by atoms with Crippen LogP contribution in [0, 0.1) is 12.8 Å². The van der Waals surface area contributed by atoms with Crippen molar-refractivity contribution < 1.29 is 14.7 Å². The number of benzene rings is 1. The van der Waals surface area contributed by atoms with Crippen LogP contribution >= 0.6 is 0 Å². The Morgan fingerprint density at radius 3 is 2.67 bits per heavy atom. The van der Waals surface area contributed by atoms with E-state index in [2.05, 4.69) is 10.6 Å².